The number of rotatable bonds is 3. The monoisotopic (exact) mass is 265 g/mol. The molecule has 2 aromatic rings. The van der Waals surface area contributed by atoms with Crippen LogP contribution >= 0.6 is 11.3 Å². The quantitative estimate of drug-likeness (QED) is 0.825. The molecule has 0 aliphatic carbocycles. The van der Waals surface area contributed by atoms with Crippen LogP contribution in [0.1, 0.15) is 18.5 Å². The Kier molecular flexibility index (Phi) is 3.64. The van der Waals surface area contributed by atoms with Gasteiger partial charge in [-0.2, -0.15) is 11.3 Å². The fraction of sp³-hybridized carbons (Fsp3) is 0.231. The molecule has 4 heteroatoms. The van der Waals surface area contributed by atoms with Crippen LogP contribution in [0.4, 0.5) is 0 Å². The van der Waals surface area contributed by atoms with Crippen LogP contribution in [-0.4, -0.2) is 10.5 Å². The summed E-state index contributed by atoms with van der Waals surface area (Å²) in [6.45, 7) is 1.98. The summed E-state index contributed by atoms with van der Waals surface area (Å²) in [5, 5.41) is 4.07. The Labute approximate surface area is 107 Å². The van der Waals surface area contributed by atoms with Gasteiger partial charge in [-0.15, -0.1) is 0 Å². The van der Waals surface area contributed by atoms with Crippen molar-refractivity contribution >= 4 is 21.1 Å². The molecule has 0 fully saturated rings. The van der Waals surface area contributed by atoms with Crippen molar-refractivity contribution in [3.63, 3.8) is 0 Å². The Balaban J connectivity index is 2.36. The van der Waals surface area contributed by atoms with Gasteiger partial charge in [0.15, 0.2) is 0 Å². The van der Waals surface area contributed by atoms with Crippen LogP contribution in [-0.2, 0) is 9.73 Å². The van der Waals surface area contributed by atoms with Crippen LogP contribution in [0.3, 0.4) is 0 Å². The zero-order valence-electron chi connectivity index (χ0n) is 9.87. The molecule has 2 unspecified atom stereocenters. The summed E-state index contributed by atoms with van der Waals surface area (Å²) in [6, 6.07) is 11.4. The second kappa shape index (κ2) is 5.02. The molecule has 0 amide bonds. The minimum Gasteiger partial charge on any atom is -0.245 e. The summed E-state index contributed by atoms with van der Waals surface area (Å²) in [6.07, 6.45) is 1.70. The van der Waals surface area contributed by atoms with Gasteiger partial charge in [0.05, 0.1) is 15.8 Å². The van der Waals surface area contributed by atoms with Crippen LogP contribution in [0.2, 0.25) is 0 Å². The van der Waals surface area contributed by atoms with E-state index < -0.39 is 9.73 Å². The van der Waals surface area contributed by atoms with E-state index in [-0.39, 0.29) is 6.04 Å². The molecular formula is C13H15NOS2. The molecule has 0 bridgehead atoms. The second-order valence-electron chi connectivity index (χ2n) is 3.95. The summed E-state index contributed by atoms with van der Waals surface area (Å²) in [5.41, 5.74) is 1.13. The minimum absolute atomic E-state index is 0.0287. The van der Waals surface area contributed by atoms with E-state index in [9.17, 15) is 4.21 Å². The lowest BCUT2D eigenvalue weighted by Gasteiger charge is -2.09. The second-order valence-corrected chi connectivity index (χ2v) is 7.02. The molecule has 2 atom stereocenters. The highest BCUT2D eigenvalue weighted by atomic mass is 32.2. The van der Waals surface area contributed by atoms with Crippen LogP contribution < -0.4 is 0 Å². The Morgan fingerprint density at radius 2 is 1.94 bits per heavy atom. The van der Waals surface area contributed by atoms with Crippen molar-refractivity contribution in [1.82, 2.24) is 0 Å². The number of thiophene rings is 1. The van der Waals surface area contributed by atoms with E-state index in [1.165, 1.54) is 0 Å². The minimum atomic E-state index is -2.31. The number of hydrogen-bond donors (Lipinski definition) is 0. The maximum Gasteiger partial charge on any atom is 0.0826 e. The van der Waals surface area contributed by atoms with Crippen LogP contribution in [0.15, 0.2) is 56.4 Å². The molecule has 0 aliphatic heterocycles. The highest BCUT2D eigenvalue weighted by molar-refractivity contribution is 7.93. The maximum atomic E-state index is 12.5. The average molecular weight is 265 g/mol. The third kappa shape index (κ3) is 2.96. The molecule has 2 nitrogen and oxygen atoms in total. The molecule has 0 saturated carbocycles. The summed E-state index contributed by atoms with van der Waals surface area (Å²) in [4.78, 5) is 0.794. The first-order chi connectivity index (χ1) is 8.09. The average Bonchev–Trinajstić information content (AvgIpc) is 2.83. The van der Waals surface area contributed by atoms with Crippen molar-refractivity contribution in [2.45, 2.75) is 17.9 Å². The van der Waals surface area contributed by atoms with E-state index in [4.69, 9.17) is 0 Å². The molecule has 1 aromatic carbocycles. The number of hydrogen-bond acceptors (Lipinski definition) is 3. The third-order valence-electron chi connectivity index (χ3n) is 2.57. The predicted molar refractivity (Wildman–Crippen MR) is 73.9 cm³/mol. The fourth-order valence-corrected chi connectivity index (χ4v) is 3.87. The summed E-state index contributed by atoms with van der Waals surface area (Å²) in [7, 11) is -2.31. The first-order valence-electron chi connectivity index (χ1n) is 5.38. The van der Waals surface area contributed by atoms with Gasteiger partial charge in [-0.3, -0.25) is 0 Å². The Morgan fingerprint density at radius 3 is 2.53 bits per heavy atom. The van der Waals surface area contributed by atoms with Gasteiger partial charge in [-0.25, -0.2) is 8.57 Å². The lowest BCUT2D eigenvalue weighted by atomic mass is 10.2. The Morgan fingerprint density at radius 1 is 1.24 bits per heavy atom. The van der Waals surface area contributed by atoms with E-state index in [2.05, 4.69) is 9.74 Å². The van der Waals surface area contributed by atoms with Gasteiger partial charge in [0.25, 0.3) is 0 Å². The number of nitrogens with zero attached hydrogens (tertiary/aromatic N) is 1. The molecular weight excluding hydrogens is 250 g/mol. The first kappa shape index (κ1) is 12.3. The van der Waals surface area contributed by atoms with Crippen molar-refractivity contribution in [1.29, 1.82) is 0 Å². The standard InChI is InChI=1S/C13H15NOS2/c1-11(12-8-9-16-10-12)14-17(2,15)13-6-4-3-5-7-13/h3-11H,1-2H3. The van der Waals surface area contributed by atoms with Crippen LogP contribution in [0.5, 0.6) is 0 Å². The van der Waals surface area contributed by atoms with Crippen molar-refractivity contribution < 1.29 is 4.21 Å². The normalized spacial score (nSPS) is 16.1. The third-order valence-corrected chi connectivity index (χ3v) is 5.13. The SMILES string of the molecule is CC(N=S(C)(=O)c1ccccc1)c1ccsc1. The van der Waals surface area contributed by atoms with Crippen molar-refractivity contribution in [3.05, 3.63) is 52.7 Å². The highest BCUT2D eigenvalue weighted by Crippen LogP contribution is 2.23. The molecule has 0 saturated heterocycles. The van der Waals surface area contributed by atoms with Gasteiger partial charge in [-0.05, 0) is 41.4 Å². The zero-order valence-corrected chi connectivity index (χ0v) is 11.5. The molecule has 17 heavy (non-hydrogen) atoms. The lowest BCUT2D eigenvalue weighted by molar-refractivity contribution is 0.673. The van der Waals surface area contributed by atoms with Crippen molar-refractivity contribution in [2.75, 3.05) is 6.26 Å². The van der Waals surface area contributed by atoms with Crippen LogP contribution in [0, 0.1) is 0 Å². The molecule has 0 N–H and O–H groups in total. The molecule has 1 heterocycles. The van der Waals surface area contributed by atoms with Gasteiger partial charge in [0, 0.05) is 11.2 Å². The van der Waals surface area contributed by atoms with Gasteiger partial charge < -0.3 is 0 Å². The van der Waals surface area contributed by atoms with Gasteiger partial charge in [0.1, 0.15) is 0 Å². The predicted octanol–water partition coefficient (Wildman–Crippen LogP) is 3.97. The van der Waals surface area contributed by atoms with E-state index in [1.54, 1.807) is 17.6 Å². The smallest absolute Gasteiger partial charge is 0.0826 e. The van der Waals surface area contributed by atoms with E-state index in [1.807, 2.05) is 48.7 Å². The summed E-state index contributed by atoms with van der Waals surface area (Å²) in [5.74, 6) is 0. The molecule has 1 aromatic heterocycles. The number of benzene rings is 1. The molecule has 0 aliphatic rings. The van der Waals surface area contributed by atoms with Gasteiger partial charge in [0.2, 0.25) is 0 Å². The Bertz CT molecular complexity index is 581. The summed E-state index contributed by atoms with van der Waals surface area (Å²) < 4.78 is 17.0. The largest absolute Gasteiger partial charge is 0.245 e. The molecule has 0 spiro atoms. The fourth-order valence-electron chi connectivity index (χ4n) is 1.61. The summed E-state index contributed by atoms with van der Waals surface area (Å²) >= 11 is 1.64. The van der Waals surface area contributed by atoms with Crippen molar-refractivity contribution in [3.8, 4) is 0 Å². The van der Waals surface area contributed by atoms with E-state index in [0.29, 0.717) is 0 Å². The molecule has 0 radical (unpaired) electrons. The van der Waals surface area contributed by atoms with Crippen LogP contribution in [0.25, 0.3) is 0 Å². The van der Waals surface area contributed by atoms with Crippen molar-refractivity contribution in [2.24, 2.45) is 4.36 Å². The first-order valence-corrected chi connectivity index (χ1v) is 8.24. The van der Waals surface area contributed by atoms with E-state index in [0.717, 1.165) is 10.5 Å². The zero-order chi connectivity index (χ0) is 12.3. The van der Waals surface area contributed by atoms with Gasteiger partial charge >= 0.3 is 0 Å². The van der Waals surface area contributed by atoms with E-state index >= 15 is 0 Å². The molecule has 2 rings (SSSR count). The highest BCUT2D eigenvalue weighted by Gasteiger charge is 2.10. The molecule has 90 valence electrons. The maximum absolute atomic E-state index is 12.5. The van der Waals surface area contributed by atoms with Gasteiger partial charge in [-0.1, -0.05) is 18.2 Å². The Hall–Kier alpha value is -1.13. The lowest BCUT2D eigenvalue weighted by Crippen LogP contribution is -2.00. The topological polar surface area (TPSA) is 29.4 Å².